The zero-order chi connectivity index (χ0) is 13.0. The Morgan fingerprint density at radius 3 is 2.67 bits per heavy atom. The second-order valence-electron chi connectivity index (χ2n) is 5.46. The van der Waals surface area contributed by atoms with Crippen LogP contribution in [-0.4, -0.2) is 22.6 Å². The highest BCUT2D eigenvalue weighted by Gasteiger charge is 2.26. The van der Waals surface area contributed by atoms with Crippen LogP contribution in [-0.2, 0) is 0 Å². The van der Waals surface area contributed by atoms with Gasteiger partial charge in [0.1, 0.15) is 5.82 Å². The van der Waals surface area contributed by atoms with E-state index in [9.17, 15) is 4.79 Å². The summed E-state index contributed by atoms with van der Waals surface area (Å²) in [6.07, 6.45) is 7.88. The molecule has 1 aromatic rings. The Morgan fingerprint density at radius 2 is 2.11 bits per heavy atom. The molecule has 1 aromatic heterocycles. The van der Waals surface area contributed by atoms with E-state index in [1.807, 2.05) is 0 Å². The van der Waals surface area contributed by atoms with E-state index in [0.29, 0.717) is 5.41 Å². The molecule has 2 N–H and O–H groups in total. The molecule has 0 atom stereocenters. The standard InChI is InChI=1S/C14H20N2O2/c1-14(7-3-2-4-8-14)10-16-12-6-5-11(9-15-12)13(17)18/h5-6,9H,2-4,7-8,10H2,1H3,(H,15,16)(H,17,18). The van der Waals surface area contributed by atoms with E-state index in [1.165, 1.54) is 38.3 Å². The summed E-state index contributed by atoms with van der Waals surface area (Å²) in [4.78, 5) is 14.8. The quantitative estimate of drug-likeness (QED) is 0.859. The van der Waals surface area contributed by atoms with Gasteiger partial charge in [0.05, 0.1) is 5.56 Å². The summed E-state index contributed by atoms with van der Waals surface area (Å²) in [6, 6.07) is 3.32. The first-order chi connectivity index (χ1) is 8.59. The number of rotatable bonds is 4. The topological polar surface area (TPSA) is 62.2 Å². The van der Waals surface area contributed by atoms with E-state index >= 15 is 0 Å². The van der Waals surface area contributed by atoms with Gasteiger partial charge in [-0.3, -0.25) is 0 Å². The highest BCUT2D eigenvalue weighted by molar-refractivity contribution is 5.87. The predicted octanol–water partition coefficient (Wildman–Crippen LogP) is 3.16. The second-order valence-corrected chi connectivity index (χ2v) is 5.46. The zero-order valence-electron chi connectivity index (χ0n) is 10.8. The molecule has 18 heavy (non-hydrogen) atoms. The van der Waals surface area contributed by atoms with Crippen molar-refractivity contribution in [1.29, 1.82) is 0 Å². The summed E-state index contributed by atoms with van der Waals surface area (Å²) in [5.41, 5.74) is 0.579. The van der Waals surface area contributed by atoms with Gasteiger partial charge >= 0.3 is 5.97 Å². The van der Waals surface area contributed by atoms with Gasteiger partial charge in [0.25, 0.3) is 0 Å². The van der Waals surface area contributed by atoms with Crippen LogP contribution in [0.15, 0.2) is 18.3 Å². The van der Waals surface area contributed by atoms with Crippen LogP contribution in [0.25, 0.3) is 0 Å². The van der Waals surface area contributed by atoms with Crippen molar-refractivity contribution in [3.8, 4) is 0 Å². The monoisotopic (exact) mass is 248 g/mol. The molecule has 4 heteroatoms. The van der Waals surface area contributed by atoms with Crippen LogP contribution in [0.1, 0.15) is 49.4 Å². The zero-order valence-corrected chi connectivity index (χ0v) is 10.8. The van der Waals surface area contributed by atoms with E-state index in [-0.39, 0.29) is 5.56 Å². The third kappa shape index (κ3) is 3.22. The summed E-state index contributed by atoms with van der Waals surface area (Å²) in [5, 5.41) is 12.1. The molecule has 2 rings (SSSR count). The lowest BCUT2D eigenvalue weighted by Crippen LogP contribution is -2.29. The molecule has 98 valence electrons. The van der Waals surface area contributed by atoms with Crippen molar-refractivity contribution in [2.75, 3.05) is 11.9 Å². The van der Waals surface area contributed by atoms with Crippen molar-refractivity contribution in [3.05, 3.63) is 23.9 Å². The number of aromatic carboxylic acids is 1. The number of carboxylic acids is 1. The minimum Gasteiger partial charge on any atom is -0.478 e. The van der Waals surface area contributed by atoms with E-state index in [0.717, 1.165) is 12.4 Å². The van der Waals surface area contributed by atoms with Gasteiger partial charge in [0.2, 0.25) is 0 Å². The van der Waals surface area contributed by atoms with E-state index < -0.39 is 5.97 Å². The van der Waals surface area contributed by atoms with Crippen molar-refractivity contribution in [2.24, 2.45) is 5.41 Å². The van der Waals surface area contributed by atoms with Crippen LogP contribution in [0.5, 0.6) is 0 Å². The molecule has 0 aliphatic heterocycles. The fourth-order valence-corrected chi connectivity index (χ4v) is 2.51. The molecule has 1 fully saturated rings. The molecule has 1 aliphatic carbocycles. The van der Waals surface area contributed by atoms with Crippen molar-refractivity contribution < 1.29 is 9.90 Å². The second kappa shape index (κ2) is 5.38. The summed E-state index contributed by atoms with van der Waals surface area (Å²) in [5.74, 6) is -0.180. The lowest BCUT2D eigenvalue weighted by molar-refractivity contribution is 0.0696. The number of hydrogen-bond acceptors (Lipinski definition) is 3. The Labute approximate surface area is 107 Å². The maximum Gasteiger partial charge on any atom is 0.337 e. The lowest BCUT2D eigenvalue weighted by Gasteiger charge is -2.33. The van der Waals surface area contributed by atoms with Crippen molar-refractivity contribution in [3.63, 3.8) is 0 Å². The average molecular weight is 248 g/mol. The molecule has 1 heterocycles. The highest BCUT2D eigenvalue weighted by atomic mass is 16.4. The number of nitrogens with one attached hydrogen (secondary N) is 1. The van der Waals surface area contributed by atoms with Crippen LogP contribution in [0.3, 0.4) is 0 Å². The number of nitrogens with zero attached hydrogens (tertiary/aromatic N) is 1. The fourth-order valence-electron chi connectivity index (χ4n) is 2.51. The molecule has 0 amide bonds. The number of hydrogen-bond donors (Lipinski definition) is 2. The first-order valence-electron chi connectivity index (χ1n) is 6.52. The fraction of sp³-hybridized carbons (Fsp3) is 0.571. The van der Waals surface area contributed by atoms with Gasteiger partial charge in [-0.05, 0) is 30.4 Å². The third-order valence-electron chi connectivity index (χ3n) is 3.77. The minimum atomic E-state index is -0.937. The molecule has 0 spiro atoms. The number of anilines is 1. The maximum absolute atomic E-state index is 10.7. The Kier molecular flexibility index (Phi) is 3.84. The minimum absolute atomic E-state index is 0.226. The van der Waals surface area contributed by atoms with Crippen LogP contribution >= 0.6 is 0 Å². The van der Waals surface area contributed by atoms with Gasteiger partial charge in [-0.15, -0.1) is 0 Å². The van der Waals surface area contributed by atoms with Gasteiger partial charge in [0, 0.05) is 12.7 Å². The lowest BCUT2D eigenvalue weighted by atomic mass is 9.76. The Morgan fingerprint density at radius 1 is 1.39 bits per heavy atom. The molecule has 0 radical (unpaired) electrons. The predicted molar refractivity (Wildman–Crippen MR) is 70.9 cm³/mol. The molecule has 0 saturated heterocycles. The van der Waals surface area contributed by atoms with Crippen LogP contribution in [0.4, 0.5) is 5.82 Å². The average Bonchev–Trinajstić information content (AvgIpc) is 2.38. The van der Waals surface area contributed by atoms with Crippen molar-refractivity contribution in [2.45, 2.75) is 39.0 Å². The smallest absolute Gasteiger partial charge is 0.337 e. The molecule has 0 aromatic carbocycles. The van der Waals surface area contributed by atoms with E-state index in [2.05, 4.69) is 17.2 Å². The maximum atomic E-state index is 10.7. The number of carbonyl (C=O) groups is 1. The van der Waals surface area contributed by atoms with Gasteiger partial charge < -0.3 is 10.4 Å². The highest BCUT2D eigenvalue weighted by Crippen LogP contribution is 2.35. The number of carboxylic acid groups (broad SMARTS) is 1. The summed E-state index contributed by atoms with van der Waals surface area (Å²) in [6.45, 7) is 3.22. The molecule has 4 nitrogen and oxygen atoms in total. The SMILES string of the molecule is CC1(CNc2ccc(C(=O)O)cn2)CCCCC1. The molecule has 0 bridgehead atoms. The van der Waals surface area contributed by atoms with E-state index in [4.69, 9.17) is 5.11 Å². The first-order valence-corrected chi connectivity index (χ1v) is 6.52. The van der Waals surface area contributed by atoms with Crippen LogP contribution < -0.4 is 5.32 Å². The summed E-state index contributed by atoms with van der Waals surface area (Å²) in [7, 11) is 0. The van der Waals surface area contributed by atoms with E-state index in [1.54, 1.807) is 12.1 Å². The molecule has 1 saturated carbocycles. The Bertz CT molecular complexity index is 408. The van der Waals surface area contributed by atoms with Gasteiger partial charge in [-0.25, -0.2) is 9.78 Å². The molecular weight excluding hydrogens is 228 g/mol. The first kappa shape index (κ1) is 12.9. The number of aromatic nitrogens is 1. The Balaban J connectivity index is 1.91. The third-order valence-corrected chi connectivity index (χ3v) is 3.77. The van der Waals surface area contributed by atoms with Crippen LogP contribution in [0.2, 0.25) is 0 Å². The normalized spacial score (nSPS) is 18.3. The van der Waals surface area contributed by atoms with Gasteiger partial charge in [-0.2, -0.15) is 0 Å². The molecule has 1 aliphatic rings. The molecular formula is C14H20N2O2. The summed E-state index contributed by atoms with van der Waals surface area (Å²) >= 11 is 0. The van der Waals surface area contributed by atoms with Gasteiger partial charge in [-0.1, -0.05) is 26.2 Å². The largest absolute Gasteiger partial charge is 0.478 e. The summed E-state index contributed by atoms with van der Waals surface area (Å²) < 4.78 is 0. The van der Waals surface area contributed by atoms with Gasteiger partial charge in [0.15, 0.2) is 0 Å². The Hall–Kier alpha value is -1.58. The van der Waals surface area contributed by atoms with Crippen molar-refractivity contribution in [1.82, 2.24) is 4.98 Å². The van der Waals surface area contributed by atoms with Crippen molar-refractivity contribution >= 4 is 11.8 Å². The number of pyridine rings is 1. The van der Waals surface area contributed by atoms with Crippen LogP contribution in [0, 0.1) is 5.41 Å². The molecule has 0 unspecified atom stereocenters.